The number of aryl methyl sites for hydroxylation is 2. The summed E-state index contributed by atoms with van der Waals surface area (Å²) in [4.78, 5) is 17.6. The van der Waals surface area contributed by atoms with Gasteiger partial charge in [-0.05, 0) is 123 Å². The summed E-state index contributed by atoms with van der Waals surface area (Å²) < 4.78 is 21.0. The number of rotatable bonds is 14. The lowest BCUT2D eigenvalue weighted by atomic mass is 9.48. The van der Waals surface area contributed by atoms with Crippen molar-refractivity contribution in [2.24, 2.45) is 24.8 Å². The Kier molecular flexibility index (Phi) is 9.51. The van der Waals surface area contributed by atoms with E-state index in [0.29, 0.717) is 32.5 Å². The highest BCUT2D eigenvalue weighted by atomic mass is 16.5. The Morgan fingerprint density at radius 3 is 2.47 bits per heavy atom. The number of carbonyl (C=O) groups excluding carboxylic acids is 1. The molecule has 0 saturated heterocycles. The molecule has 9 rings (SSSR count). The van der Waals surface area contributed by atoms with E-state index in [-0.39, 0.29) is 17.1 Å². The van der Waals surface area contributed by atoms with Crippen molar-refractivity contribution in [3.05, 3.63) is 94.3 Å². The molecule has 2 aromatic heterocycles. The quantitative estimate of drug-likeness (QED) is 0.143. The highest BCUT2D eigenvalue weighted by Gasteiger charge is 2.53. The number of Topliss-reactive ketones (excluding diaryl/α,β-unsaturated/α-hetero) is 1. The van der Waals surface area contributed by atoms with Crippen LogP contribution in [0.4, 0.5) is 5.82 Å². The Morgan fingerprint density at radius 2 is 1.75 bits per heavy atom. The van der Waals surface area contributed by atoms with Gasteiger partial charge in [-0.3, -0.25) is 0 Å². The van der Waals surface area contributed by atoms with E-state index in [1.54, 1.807) is 14.0 Å². The number of fused-ring (bicyclic) bond motifs is 1. The van der Waals surface area contributed by atoms with Crippen LogP contribution in [0, 0.1) is 17.8 Å². The monoisotopic (exact) mass is 688 g/mol. The molecule has 51 heavy (non-hydrogen) atoms. The van der Waals surface area contributed by atoms with Gasteiger partial charge in [0.15, 0.2) is 11.5 Å². The Balaban J connectivity index is 1.06. The molecule has 1 atom stereocenters. The average molecular weight is 689 g/mol. The number of ether oxygens (including phenoxy) is 3. The first-order chi connectivity index (χ1) is 24.8. The van der Waals surface area contributed by atoms with Gasteiger partial charge >= 0.3 is 0 Å². The third-order valence-corrected chi connectivity index (χ3v) is 12.0. The van der Waals surface area contributed by atoms with Crippen molar-refractivity contribution in [2.75, 3.05) is 25.6 Å². The predicted octanol–water partition coefficient (Wildman–Crippen LogP) is 8.16. The molecule has 1 N–H and O–H groups in total. The van der Waals surface area contributed by atoms with Crippen molar-refractivity contribution < 1.29 is 19.0 Å². The van der Waals surface area contributed by atoms with Crippen LogP contribution in [-0.4, -0.2) is 40.8 Å². The summed E-state index contributed by atoms with van der Waals surface area (Å²) in [7, 11) is 3.67. The van der Waals surface area contributed by atoms with E-state index in [4.69, 9.17) is 24.3 Å². The molecular formula is C43H52N4O4. The van der Waals surface area contributed by atoms with E-state index in [9.17, 15) is 4.79 Å². The van der Waals surface area contributed by atoms with E-state index < -0.39 is 0 Å². The van der Waals surface area contributed by atoms with Crippen LogP contribution < -0.4 is 19.5 Å². The van der Waals surface area contributed by atoms with Gasteiger partial charge in [0.05, 0.1) is 19.4 Å². The van der Waals surface area contributed by atoms with Gasteiger partial charge in [-0.15, -0.1) is 0 Å². The first-order valence-corrected chi connectivity index (χ1v) is 19.1. The molecule has 3 heterocycles. The van der Waals surface area contributed by atoms with Crippen molar-refractivity contribution in [1.82, 2.24) is 14.8 Å². The molecule has 4 aliphatic carbocycles. The Labute approximate surface area is 302 Å². The lowest BCUT2D eigenvalue weighted by Crippen LogP contribution is -2.48. The maximum Gasteiger partial charge on any atom is 0.211 e. The summed E-state index contributed by atoms with van der Waals surface area (Å²) in [5, 5.41) is 8.29. The Hall–Kier alpha value is -4.33. The SMILES string of the molecule is COc1cc(C(CC(C)=O)Cc2cc(OCCc3ccc4c(n3)NCCC4)n(C)n2)cc(C23CC4CC(CC(C4)C2)C3)c1OCc1ccccc1. The smallest absolute Gasteiger partial charge is 0.211 e. The molecule has 4 saturated carbocycles. The first kappa shape index (κ1) is 33.8. The number of nitrogens with zero attached hydrogens (tertiary/aromatic N) is 3. The minimum absolute atomic E-state index is 0.0535. The van der Waals surface area contributed by atoms with Crippen LogP contribution in [0.1, 0.15) is 97.8 Å². The zero-order chi connectivity index (χ0) is 35.0. The Bertz CT molecular complexity index is 1830. The van der Waals surface area contributed by atoms with E-state index in [1.165, 1.54) is 49.7 Å². The fraction of sp³-hybridized carbons (Fsp3) is 0.512. The number of aromatic nitrogens is 3. The van der Waals surface area contributed by atoms with E-state index in [1.807, 2.05) is 23.9 Å². The van der Waals surface area contributed by atoms with Gasteiger partial charge in [0.1, 0.15) is 18.2 Å². The van der Waals surface area contributed by atoms with Crippen LogP contribution in [0.25, 0.3) is 0 Å². The van der Waals surface area contributed by atoms with Crippen LogP contribution in [-0.2, 0) is 43.1 Å². The number of hydrogen-bond acceptors (Lipinski definition) is 7. The molecule has 8 nitrogen and oxygen atoms in total. The minimum Gasteiger partial charge on any atom is -0.493 e. The molecule has 0 spiro atoms. The van der Waals surface area contributed by atoms with Crippen LogP contribution >= 0.6 is 0 Å². The molecule has 2 aromatic carbocycles. The van der Waals surface area contributed by atoms with Gasteiger partial charge in [0.2, 0.25) is 5.88 Å². The molecule has 4 fully saturated rings. The largest absolute Gasteiger partial charge is 0.493 e. The summed E-state index contributed by atoms with van der Waals surface area (Å²) in [5.41, 5.74) is 6.86. The lowest BCUT2D eigenvalue weighted by Gasteiger charge is -2.57. The normalized spacial score (nSPS) is 23.7. The van der Waals surface area contributed by atoms with Crippen LogP contribution in [0.5, 0.6) is 17.4 Å². The van der Waals surface area contributed by atoms with Crippen molar-refractivity contribution in [3.8, 4) is 17.4 Å². The predicted molar refractivity (Wildman–Crippen MR) is 199 cm³/mol. The molecule has 4 aromatic rings. The maximum atomic E-state index is 12.8. The number of methoxy groups -OCH3 is 1. The Morgan fingerprint density at radius 1 is 0.980 bits per heavy atom. The summed E-state index contributed by atoms with van der Waals surface area (Å²) in [6, 6.07) is 21.2. The number of benzene rings is 2. The standard InChI is InChI=1S/C43H52N4O4/c1-28(48)16-34(20-37-23-40(47(2)46-37)50-15-13-36-12-11-33-10-7-14-44-42(33)45-36)35-21-38(43-24-30-17-31(25-43)19-32(18-30)26-43)41(39(22-35)49-3)51-27-29-8-5-4-6-9-29/h4-6,8-9,11-12,21-23,30-32,34H,7,10,13-20,24-27H2,1-3H3,(H,44,45). The lowest BCUT2D eigenvalue weighted by molar-refractivity contribution is -0.117. The number of pyridine rings is 1. The van der Waals surface area contributed by atoms with Crippen molar-refractivity contribution in [3.63, 3.8) is 0 Å². The first-order valence-electron chi connectivity index (χ1n) is 19.1. The number of nitrogens with one attached hydrogen (secondary N) is 1. The summed E-state index contributed by atoms with van der Waals surface area (Å²) in [6.45, 7) is 3.67. The van der Waals surface area contributed by atoms with Crippen LogP contribution in [0.15, 0.2) is 60.7 Å². The zero-order valence-corrected chi connectivity index (χ0v) is 30.5. The molecule has 0 amide bonds. The maximum absolute atomic E-state index is 12.8. The van der Waals surface area contributed by atoms with Gasteiger partial charge in [-0.25, -0.2) is 9.67 Å². The minimum atomic E-state index is -0.0535. The second kappa shape index (κ2) is 14.4. The molecule has 1 unspecified atom stereocenters. The van der Waals surface area contributed by atoms with E-state index >= 15 is 0 Å². The average Bonchev–Trinajstić information content (AvgIpc) is 3.47. The molecule has 268 valence electrons. The van der Waals surface area contributed by atoms with Crippen molar-refractivity contribution in [2.45, 2.75) is 95.5 Å². The highest BCUT2D eigenvalue weighted by Crippen LogP contribution is 2.63. The number of ketones is 1. The highest BCUT2D eigenvalue weighted by molar-refractivity contribution is 5.76. The topological polar surface area (TPSA) is 87.5 Å². The van der Waals surface area contributed by atoms with Gasteiger partial charge in [-0.1, -0.05) is 42.5 Å². The second-order valence-corrected chi connectivity index (χ2v) is 15.9. The number of hydrogen-bond donors (Lipinski definition) is 1. The van der Waals surface area contributed by atoms with Crippen LogP contribution in [0.2, 0.25) is 0 Å². The van der Waals surface area contributed by atoms with Crippen molar-refractivity contribution >= 4 is 11.6 Å². The zero-order valence-electron chi connectivity index (χ0n) is 30.5. The van der Waals surface area contributed by atoms with E-state index in [2.05, 4.69) is 53.8 Å². The summed E-state index contributed by atoms with van der Waals surface area (Å²) >= 11 is 0. The van der Waals surface area contributed by atoms with Gasteiger partial charge in [0.25, 0.3) is 0 Å². The van der Waals surface area contributed by atoms with Crippen molar-refractivity contribution in [1.29, 1.82) is 0 Å². The number of anilines is 1. The van der Waals surface area contributed by atoms with Gasteiger partial charge in [-0.2, -0.15) is 5.10 Å². The van der Waals surface area contributed by atoms with Gasteiger partial charge in [0, 0.05) is 43.8 Å². The molecular weight excluding hydrogens is 636 g/mol. The molecule has 5 aliphatic rings. The third-order valence-electron chi connectivity index (χ3n) is 12.0. The fourth-order valence-electron chi connectivity index (χ4n) is 10.1. The van der Waals surface area contributed by atoms with Crippen LogP contribution in [0.3, 0.4) is 0 Å². The third kappa shape index (κ3) is 7.24. The van der Waals surface area contributed by atoms with Gasteiger partial charge < -0.3 is 24.3 Å². The second-order valence-electron chi connectivity index (χ2n) is 15.9. The summed E-state index contributed by atoms with van der Waals surface area (Å²) in [6.07, 6.45) is 11.7. The molecule has 0 radical (unpaired) electrons. The fourth-order valence-corrected chi connectivity index (χ4v) is 10.1. The van der Waals surface area contributed by atoms with E-state index in [0.717, 1.165) is 82.9 Å². The molecule has 4 bridgehead atoms. The summed E-state index contributed by atoms with van der Waals surface area (Å²) in [5.74, 6) is 5.84. The molecule has 8 heteroatoms. The number of carbonyl (C=O) groups is 1. The molecule has 1 aliphatic heterocycles.